The van der Waals surface area contributed by atoms with Crippen LogP contribution in [0.1, 0.15) is 65.0 Å². The monoisotopic (exact) mass is 432 g/mol. The summed E-state index contributed by atoms with van der Waals surface area (Å²) in [6.45, 7) is 8.61. The van der Waals surface area contributed by atoms with E-state index in [0.29, 0.717) is 18.6 Å². The highest BCUT2D eigenvalue weighted by molar-refractivity contribution is 6.05. The molecule has 168 valence electrons. The van der Waals surface area contributed by atoms with Crippen LogP contribution in [0.15, 0.2) is 59.8 Å². The number of hydrogen-bond acceptors (Lipinski definition) is 4. The van der Waals surface area contributed by atoms with E-state index in [1.807, 2.05) is 48.5 Å². The molecule has 0 radical (unpaired) electrons. The second kappa shape index (κ2) is 8.81. The molecule has 0 aromatic heterocycles. The first-order chi connectivity index (χ1) is 15.3. The van der Waals surface area contributed by atoms with Crippen LogP contribution >= 0.6 is 0 Å². The Hall–Kier alpha value is -3.08. The first-order valence-corrected chi connectivity index (χ1v) is 11.5. The van der Waals surface area contributed by atoms with Gasteiger partial charge in [0.25, 0.3) is 0 Å². The van der Waals surface area contributed by atoms with Gasteiger partial charge in [-0.05, 0) is 48.1 Å². The van der Waals surface area contributed by atoms with E-state index in [4.69, 9.17) is 4.74 Å². The number of amides is 1. The van der Waals surface area contributed by atoms with Crippen LogP contribution in [0.5, 0.6) is 5.75 Å². The van der Waals surface area contributed by atoms with Gasteiger partial charge in [-0.15, -0.1) is 0 Å². The van der Waals surface area contributed by atoms with Crippen molar-refractivity contribution in [3.05, 3.63) is 65.4 Å². The fourth-order valence-electron chi connectivity index (χ4n) is 4.73. The normalized spacial score (nSPS) is 19.6. The van der Waals surface area contributed by atoms with E-state index in [1.165, 1.54) is 0 Å². The minimum absolute atomic E-state index is 0.0936. The van der Waals surface area contributed by atoms with Crippen molar-refractivity contribution in [3.8, 4) is 5.75 Å². The lowest BCUT2D eigenvalue weighted by molar-refractivity contribution is -0.118. The average molecular weight is 433 g/mol. The van der Waals surface area contributed by atoms with Gasteiger partial charge in [-0.25, -0.2) is 0 Å². The van der Waals surface area contributed by atoms with Crippen molar-refractivity contribution >= 4 is 23.1 Å². The molecule has 0 saturated carbocycles. The van der Waals surface area contributed by atoms with Crippen molar-refractivity contribution in [2.75, 3.05) is 16.8 Å². The molecule has 1 heterocycles. The van der Waals surface area contributed by atoms with E-state index in [9.17, 15) is 9.59 Å². The number of para-hydroxylation sites is 2. The quantitative estimate of drug-likeness (QED) is 0.586. The van der Waals surface area contributed by atoms with E-state index in [0.717, 1.165) is 47.6 Å². The highest BCUT2D eigenvalue weighted by atomic mass is 16.5. The van der Waals surface area contributed by atoms with E-state index in [1.54, 1.807) is 11.8 Å². The third-order valence-electron chi connectivity index (χ3n) is 6.20. The Balaban J connectivity index is 1.84. The van der Waals surface area contributed by atoms with Gasteiger partial charge in [0.05, 0.1) is 24.0 Å². The Bertz CT molecular complexity index is 1050. The zero-order valence-electron chi connectivity index (χ0n) is 19.4. The molecular formula is C27H32N2O3. The van der Waals surface area contributed by atoms with Gasteiger partial charge in [0, 0.05) is 24.6 Å². The molecule has 0 spiro atoms. The molecule has 2 aromatic carbocycles. The number of ether oxygens (including phenoxy) is 1. The van der Waals surface area contributed by atoms with Gasteiger partial charge in [0.2, 0.25) is 5.91 Å². The Labute approximate surface area is 190 Å². The number of benzene rings is 2. The van der Waals surface area contributed by atoms with Gasteiger partial charge in [0.1, 0.15) is 5.75 Å². The third kappa shape index (κ3) is 4.29. The SMILES string of the molecule is CCCCOc1ccc(C2C3=C(CC(C)(C)CC3=O)Nc3ccccc3N2C(C)=O)cc1. The molecule has 0 fully saturated rings. The molecule has 1 atom stereocenters. The van der Waals surface area contributed by atoms with Gasteiger partial charge in [0.15, 0.2) is 5.78 Å². The van der Waals surface area contributed by atoms with Gasteiger partial charge in [-0.2, -0.15) is 0 Å². The number of nitrogens with one attached hydrogen (secondary N) is 1. The molecule has 32 heavy (non-hydrogen) atoms. The smallest absolute Gasteiger partial charge is 0.224 e. The number of carbonyl (C=O) groups excluding carboxylic acids is 2. The van der Waals surface area contributed by atoms with Crippen LogP contribution in [0.25, 0.3) is 0 Å². The van der Waals surface area contributed by atoms with Crippen LogP contribution in [-0.2, 0) is 9.59 Å². The summed E-state index contributed by atoms with van der Waals surface area (Å²) in [5.74, 6) is 0.795. The Morgan fingerprint density at radius 3 is 2.53 bits per heavy atom. The summed E-state index contributed by atoms with van der Waals surface area (Å²) in [6.07, 6.45) is 3.30. The summed E-state index contributed by atoms with van der Waals surface area (Å²) in [5, 5.41) is 3.52. The number of hydrogen-bond donors (Lipinski definition) is 1. The number of allylic oxidation sites excluding steroid dienone is 1. The van der Waals surface area contributed by atoms with E-state index >= 15 is 0 Å². The molecular weight excluding hydrogens is 400 g/mol. The summed E-state index contributed by atoms with van der Waals surface area (Å²) < 4.78 is 5.83. The lowest BCUT2D eigenvalue weighted by atomic mass is 9.73. The van der Waals surface area contributed by atoms with Gasteiger partial charge < -0.3 is 10.1 Å². The minimum Gasteiger partial charge on any atom is -0.494 e. The predicted octanol–water partition coefficient (Wildman–Crippen LogP) is 6.03. The summed E-state index contributed by atoms with van der Waals surface area (Å²) in [4.78, 5) is 28.2. The summed E-state index contributed by atoms with van der Waals surface area (Å²) in [6, 6.07) is 15.1. The molecule has 1 amide bonds. The van der Waals surface area contributed by atoms with Gasteiger partial charge in [-0.1, -0.05) is 51.5 Å². The number of nitrogens with zero attached hydrogens (tertiary/aromatic N) is 1. The first kappa shape index (κ1) is 22.1. The van der Waals surface area contributed by atoms with Crippen molar-refractivity contribution in [3.63, 3.8) is 0 Å². The van der Waals surface area contributed by atoms with Gasteiger partial charge >= 0.3 is 0 Å². The number of anilines is 2. The Kier molecular flexibility index (Phi) is 6.09. The molecule has 4 rings (SSSR count). The number of fused-ring (bicyclic) bond motifs is 1. The molecule has 1 aliphatic carbocycles. The molecule has 0 bridgehead atoms. The summed E-state index contributed by atoms with van der Waals surface area (Å²) >= 11 is 0. The Morgan fingerprint density at radius 2 is 1.84 bits per heavy atom. The zero-order chi connectivity index (χ0) is 22.9. The third-order valence-corrected chi connectivity index (χ3v) is 6.20. The molecule has 2 aromatic rings. The van der Waals surface area contributed by atoms with Crippen LogP contribution in [0, 0.1) is 5.41 Å². The van der Waals surface area contributed by atoms with Crippen LogP contribution in [-0.4, -0.2) is 18.3 Å². The number of rotatable bonds is 5. The van der Waals surface area contributed by atoms with Crippen LogP contribution in [0.4, 0.5) is 11.4 Å². The van der Waals surface area contributed by atoms with Crippen molar-refractivity contribution in [2.45, 2.75) is 59.4 Å². The molecule has 5 nitrogen and oxygen atoms in total. The summed E-state index contributed by atoms with van der Waals surface area (Å²) in [5.41, 5.74) is 4.01. The fraction of sp³-hybridized carbons (Fsp3) is 0.407. The minimum atomic E-state index is -0.480. The van der Waals surface area contributed by atoms with Crippen molar-refractivity contribution in [1.29, 1.82) is 0 Å². The zero-order valence-corrected chi connectivity index (χ0v) is 19.4. The second-order valence-corrected chi connectivity index (χ2v) is 9.54. The van der Waals surface area contributed by atoms with Crippen molar-refractivity contribution in [1.82, 2.24) is 0 Å². The lowest BCUT2D eigenvalue weighted by Gasteiger charge is -2.36. The fourth-order valence-corrected chi connectivity index (χ4v) is 4.73. The molecule has 1 N–H and O–H groups in total. The molecule has 2 aliphatic rings. The number of unbranched alkanes of at least 4 members (excludes halogenated alkanes) is 1. The van der Waals surface area contributed by atoms with E-state index < -0.39 is 6.04 Å². The first-order valence-electron chi connectivity index (χ1n) is 11.5. The predicted molar refractivity (Wildman–Crippen MR) is 128 cm³/mol. The maximum atomic E-state index is 13.5. The van der Waals surface area contributed by atoms with E-state index in [2.05, 4.69) is 26.1 Å². The molecule has 5 heteroatoms. The van der Waals surface area contributed by atoms with Crippen LogP contribution in [0.2, 0.25) is 0 Å². The maximum Gasteiger partial charge on any atom is 0.224 e. The second-order valence-electron chi connectivity index (χ2n) is 9.54. The molecule has 1 unspecified atom stereocenters. The molecule has 1 aliphatic heterocycles. The maximum absolute atomic E-state index is 13.5. The number of carbonyl (C=O) groups is 2. The van der Waals surface area contributed by atoms with Gasteiger partial charge in [-0.3, -0.25) is 14.5 Å². The summed E-state index contributed by atoms with van der Waals surface area (Å²) in [7, 11) is 0. The average Bonchev–Trinajstić information content (AvgIpc) is 2.88. The number of ketones is 1. The van der Waals surface area contributed by atoms with Crippen molar-refractivity contribution in [2.24, 2.45) is 5.41 Å². The Morgan fingerprint density at radius 1 is 1.12 bits per heavy atom. The number of Topliss-reactive ketones (excluding diaryl/α,β-unsaturated/α-hetero) is 1. The van der Waals surface area contributed by atoms with Crippen LogP contribution in [0.3, 0.4) is 0 Å². The lowest BCUT2D eigenvalue weighted by Crippen LogP contribution is -2.38. The van der Waals surface area contributed by atoms with E-state index in [-0.39, 0.29) is 17.1 Å². The highest BCUT2D eigenvalue weighted by Crippen LogP contribution is 2.48. The van der Waals surface area contributed by atoms with Crippen molar-refractivity contribution < 1.29 is 14.3 Å². The topological polar surface area (TPSA) is 58.6 Å². The highest BCUT2D eigenvalue weighted by Gasteiger charge is 2.42. The molecule has 0 saturated heterocycles. The van der Waals surface area contributed by atoms with Crippen LogP contribution < -0.4 is 15.0 Å². The largest absolute Gasteiger partial charge is 0.494 e. The standard InChI is InChI=1S/C27H32N2O3/c1-5-6-15-32-20-13-11-19(12-14-20)26-25-22(16-27(3,4)17-24(25)31)28-21-9-7-8-10-23(21)29(26)18(2)30/h7-14,26,28H,5-6,15-17H2,1-4H3.